The lowest BCUT2D eigenvalue weighted by Gasteiger charge is -2.21. The van der Waals surface area contributed by atoms with Crippen molar-refractivity contribution in [3.63, 3.8) is 0 Å². The number of phosphoric ester groups is 1. The Morgan fingerprint density at radius 2 is 0.967 bits per heavy atom. The van der Waals surface area contributed by atoms with Crippen molar-refractivity contribution in [3.05, 3.63) is 168 Å². The molecule has 0 unspecified atom stereocenters. The SMILES string of the molecule is Cc1ccc2nc(-c3ccccc3O)nc(N(C)C)c2c1.Cc1ccc2nc(-c3ccccc3OP(=O)(OCc3ccccc3)OCc3ccccc3)nc(N(C)C)c2c1. The predicted molar refractivity (Wildman–Crippen MR) is 240 cm³/mol. The van der Waals surface area contributed by atoms with E-state index in [4.69, 9.17) is 23.5 Å². The molecule has 304 valence electrons. The van der Waals surface area contributed by atoms with Crippen LogP contribution in [0.3, 0.4) is 0 Å². The summed E-state index contributed by atoms with van der Waals surface area (Å²) in [6.45, 7) is 4.21. The Hall–Kier alpha value is -6.65. The van der Waals surface area contributed by atoms with E-state index in [0.717, 1.165) is 50.1 Å². The van der Waals surface area contributed by atoms with Crippen molar-refractivity contribution in [2.24, 2.45) is 0 Å². The topological polar surface area (TPSA) is 123 Å². The number of phosphoric acid groups is 1. The summed E-state index contributed by atoms with van der Waals surface area (Å²) in [6.07, 6.45) is 0. The highest BCUT2D eigenvalue weighted by Crippen LogP contribution is 2.52. The van der Waals surface area contributed by atoms with E-state index in [1.54, 1.807) is 24.3 Å². The van der Waals surface area contributed by atoms with E-state index < -0.39 is 7.82 Å². The molecular weight excluding hydrogens is 772 g/mol. The van der Waals surface area contributed by atoms with E-state index in [2.05, 4.69) is 29.0 Å². The molecule has 60 heavy (non-hydrogen) atoms. The first kappa shape index (κ1) is 41.5. The minimum atomic E-state index is -4.07. The lowest BCUT2D eigenvalue weighted by atomic mass is 10.1. The molecule has 1 N–H and O–H groups in total. The number of fused-ring (bicyclic) bond motifs is 2. The quantitative estimate of drug-likeness (QED) is 0.119. The van der Waals surface area contributed by atoms with Gasteiger partial charge in [0.1, 0.15) is 23.1 Å². The van der Waals surface area contributed by atoms with Gasteiger partial charge in [-0.3, -0.25) is 9.05 Å². The third-order valence-electron chi connectivity index (χ3n) is 9.46. The third-order valence-corrected chi connectivity index (χ3v) is 10.8. The van der Waals surface area contributed by atoms with Gasteiger partial charge in [-0.25, -0.2) is 24.5 Å². The molecule has 0 saturated heterocycles. The molecule has 8 aromatic rings. The molecule has 0 atom stereocenters. The fraction of sp³-hybridized carbons (Fsp3) is 0.167. The zero-order valence-electron chi connectivity index (χ0n) is 34.5. The molecule has 0 aliphatic carbocycles. The van der Waals surface area contributed by atoms with Gasteiger partial charge in [0.05, 0.1) is 35.4 Å². The van der Waals surface area contributed by atoms with E-state index >= 15 is 0 Å². The summed E-state index contributed by atoms with van der Waals surface area (Å²) in [7, 11) is 3.73. The van der Waals surface area contributed by atoms with Gasteiger partial charge in [0.15, 0.2) is 11.6 Å². The number of rotatable bonds is 12. The van der Waals surface area contributed by atoms with Crippen molar-refractivity contribution < 1.29 is 23.2 Å². The number of aromatic hydroxyl groups is 1. The zero-order valence-corrected chi connectivity index (χ0v) is 35.4. The second kappa shape index (κ2) is 18.5. The summed E-state index contributed by atoms with van der Waals surface area (Å²) >= 11 is 0. The van der Waals surface area contributed by atoms with Crippen LogP contribution in [0.2, 0.25) is 0 Å². The number of nitrogens with zero attached hydrogens (tertiary/aromatic N) is 6. The van der Waals surface area contributed by atoms with Crippen molar-refractivity contribution in [2.45, 2.75) is 27.1 Å². The summed E-state index contributed by atoms with van der Waals surface area (Å²) < 4.78 is 31.8. The average Bonchev–Trinajstić information content (AvgIpc) is 3.25. The Morgan fingerprint density at radius 3 is 1.45 bits per heavy atom. The van der Waals surface area contributed by atoms with Gasteiger partial charge in [0.25, 0.3) is 0 Å². The van der Waals surface area contributed by atoms with E-state index in [9.17, 15) is 9.67 Å². The van der Waals surface area contributed by atoms with Crippen molar-refractivity contribution in [1.82, 2.24) is 19.9 Å². The van der Waals surface area contributed by atoms with Crippen molar-refractivity contribution >= 4 is 41.3 Å². The molecule has 6 aromatic carbocycles. The fourth-order valence-electron chi connectivity index (χ4n) is 6.43. The molecule has 0 aliphatic heterocycles. The van der Waals surface area contributed by atoms with Crippen molar-refractivity contribution in [1.29, 1.82) is 0 Å². The highest BCUT2D eigenvalue weighted by molar-refractivity contribution is 7.48. The maximum absolute atomic E-state index is 14.0. The minimum absolute atomic E-state index is 0.0612. The van der Waals surface area contributed by atoms with Gasteiger partial charge in [-0.15, -0.1) is 0 Å². The highest BCUT2D eigenvalue weighted by Gasteiger charge is 2.31. The molecule has 0 saturated carbocycles. The second-order valence-electron chi connectivity index (χ2n) is 14.6. The van der Waals surface area contributed by atoms with Crippen LogP contribution >= 0.6 is 7.82 Å². The van der Waals surface area contributed by atoms with E-state index in [0.29, 0.717) is 28.5 Å². The van der Waals surface area contributed by atoms with E-state index in [1.165, 1.54) is 5.56 Å². The van der Waals surface area contributed by atoms with Crippen LogP contribution in [-0.2, 0) is 26.8 Å². The smallest absolute Gasteiger partial charge is 0.507 e. The van der Waals surface area contributed by atoms with E-state index in [-0.39, 0.29) is 19.0 Å². The van der Waals surface area contributed by atoms with Crippen LogP contribution in [0.1, 0.15) is 22.3 Å². The Balaban J connectivity index is 0.000000218. The summed E-state index contributed by atoms with van der Waals surface area (Å²) in [5, 5.41) is 12.0. The van der Waals surface area contributed by atoms with Crippen LogP contribution in [0.5, 0.6) is 11.5 Å². The van der Waals surface area contributed by atoms with Gasteiger partial charge in [0, 0.05) is 39.0 Å². The maximum Gasteiger partial charge on any atom is 0.530 e. The molecule has 11 nitrogen and oxygen atoms in total. The van der Waals surface area contributed by atoms with Crippen LogP contribution in [0.15, 0.2) is 146 Å². The molecule has 12 heteroatoms. The van der Waals surface area contributed by atoms with Gasteiger partial charge < -0.3 is 19.4 Å². The summed E-state index contributed by atoms with van der Waals surface area (Å²) in [6, 6.07) is 45.5. The average molecular weight is 819 g/mol. The Morgan fingerprint density at radius 1 is 0.533 bits per heavy atom. The van der Waals surface area contributed by atoms with Crippen LogP contribution in [0.4, 0.5) is 11.6 Å². The number of anilines is 2. The molecule has 2 heterocycles. The number of aromatic nitrogens is 4. The second-order valence-corrected chi connectivity index (χ2v) is 16.2. The Bertz CT molecular complexity index is 2740. The van der Waals surface area contributed by atoms with Crippen LogP contribution in [-0.4, -0.2) is 53.2 Å². The summed E-state index contributed by atoms with van der Waals surface area (Å²) in [5.74, 6) is 3.10. The predicted octanol–water partition coefficient (Wildman–Crippen LogP) is 11.0. The molecule has 0 bridgehead atoms. The molecule has 0 spiro atoms. The third kappa shape index (κ3) is 9.96. The molecule has 0 amide bonds. The number of benzene rings is 6. The number of hydrogen-bond donors (Lipinski definition) is 1. The first-order valence-electron chi connectivity index (χ1n) is 19.4. The number of aryl methyl sites for hydroxylation is 2. The molecule has 0 fully saturated rings. The first-order valence-corrected chi connectivity index (χ1v) is 20.9. The standard InChI is InChI=1S/C31H30N3O4P.C17H17N3O/c1-23-18-19-28-27(20-23)31(34(2)3)33-30(32-28)26-16-10-11-17-29(26)38-39(35,36-21-24-12-6-4-7-13-24)37-22-25-14-8-5-9-15-25;1-11-8-9-14-13(10-11)17(20(2)3)19-16(18-14)12-6-4-5-7-15(12)21/h4-20H,21-22H2,1-3H3;4-10,21H,1-3H3. The molecule has 2 aromatic heterocycles. The molecule has 0 radical (unpaired) electrons. The van der Waals surface area contributed by atoms with Gasteiger partial charge in [-0.05, 0) is 73.5 Å². The summed E-state index contributed by atoms with van der Waals surface area (Å²) in [5.41, 5.74) is 6.88. The Labute approximate surface area is 350 Å². The van der Waals surface area contributed by atoms with E-state index in [1.807, 2.05) is 154 Å². The highest BCUT2D eigenvalue weighted by atomic mass is 31.2. The van der Waals surface area contributed by atoms with Crippen molar-refractivity contribution in [3.8, 4) is 34.3 Å². The van der Waals surface area contributed by atoms with Crippen LogP contribution < -0.4 is 14.3 Å². The largest absolute Gasteiger partial charge is 0.530 e. The van der Waals surface area contributed by atoms with Gasteiger partial charge >= 0.3 is 7.82 Å². The number of hydrogen-bond acceptors (Lipinski definition) is 11. The minimum Gasteiger partial charge on any atom is -0.507 e. The molecule has 8 rings (SSSR count). The zero-order chi connectivity index (χ0) is 42.2. The van der Waals surface area contributed by atoms with Gasteiger partial charge in [-0.2, -0.15) is 0 Å². The Kier molecular flexibility index (Phi) is 12.8. The lowest BCUT2D eigenvalue weighted by Crippen LogP contribution is -2.12. The maximum atomic E-state index is 14.0. The van der Waals surface area contributed by atoms with Gasteiger partial charge in [-0.1, -0.05) is 108 Å². The van der Waals surface area contributed by atoms with Crippen molar-refractivity contribution in [2.75, 3.05) is 38.0 Å². The fourth-order valence-corrected chi connectivity index (χ4v) is 7.63. The lowest BCUT2D eigenvalue weighted by molar-refractivity contribution is 0.143. The summed E-state index contributed by atoms with van der Waals surface area (Å²) in [4.78, 5) is 22.8. The first-order chi connectivity index (χ1) is 29.0. The number of para-hydroxylation sites is 2. The van der Waals surface area contributed by atoms with Gasteiger partial charge in [0.2, 0.25) is 0 Å². The molecule has 0 aliphatic rings. The number of phenolic OH excluding ortho intramolecular Hbond substituents is 1. The van der Waals surface area contributed by atoms with Crippen LogP contribution in [0, 0.1) is 13.8 Å². The number of phenols is 1. The van der Waals surface area contributed by atoms with Crippen LogP contribution in [0.25, 0.3) is 44.6 Å². The normalized spacial score (nSPS) is 11.2. The molecular formula is C48H47N6O5P. The monoisotopic (exact) mass is 818 g/mol.